The molecule has 1 aliphatic rings. The minimum atomic E-state index is -5.08. The third kappa shape index (κ3) is 46.1. The first-order chi connectivity index (χ1) is 37.5. The summed E-state index contributed by atoms with van der Waals surface area (Å²) >= 11 is 0. The van der Waals surface area contributed by atoms with Gasteiger partial charge < -0.3 is 35.2 Å². The molecular weight excluding hydrogens is 991 g/mol. The molecule has 7 atom stereocenters. The van der Waals surface area contributed by atoms with Gasteiger partial charge in [-0.2, -0.15) is 8.42 Å². The molecule has 0 saturated carbocycles. The highest BCUT2D eigenvalue weighted by Gasteiger charge is 2.48. The number of ether oxygens (including phenoxy) is 2. The number of amides is 1. The van der Waals surface area contributed by atoms with E-state index < -0.39 is 59.9 Å². The zero-order valence-corrected chi connectivity index (χ0v) is 50.9. The molecule has 1 aliphatic heterocycles. The largest absolute Gasteiger partial charge is 0.397 e. The Kier molecular flexibility index (Phi) is 51.9. The van der Waals surface area contributed by atoms with Gasteiger partial charge in [0.05, 0.1) is 25.4 Å². The number of nitrogens with one attached hydrogen (secondary N) is 1. The summed E-state index contributed by atoms with van der Waals surface area (Å²) in [6, 6.07) is -0.855. The predicted molar refractivity (Wildman–Crippen MR) is 319 cm³/mol. The van der Waals surface area contributed by atoms with Gasteiger partial charge >= 0.3 is 10.4 Å². The standard InChI is InChI=1S/C64H125NO11S/c1-3-5-7-9-11-13-15-17-18-19-20-21-22-23-24-25-26-27-28-29-30-31-32-33-34-35-36-37-38-39-40-42-44-46-48-50-52-54-60(68)65-57(58(67)53-51-49-47-45-43-41-16-14-12-10-8-6-4-2)56-74-64-62(70)63(76-77(71,72)73)61(69)59(55-66)75-64/h27-28,57-59,61-64,66-67,69-70H,3-26,29-56H2,1-2H3,(H,65,68)(H,71,72,73)/b28-27-. The molecule has 1 amide bonds. The lowest BCUT2D eigenvalue weighted by Gasteiger charge is -2.41. The Morgan fingerprint density at radius 1 is 0.506 bits per heavy atom. The van der Waals surface area contributed by atoms with Gasteiger partial charge in [0.25, 0.3) is 0 Å². The smallest absolute Gasteiger partial charge is 0.394 e. The van der Waals surface area contributed by atoms with Crippen LogP contribution >= 0.6 is 0 Å². The molecule has 0 radical (unpaired) electrons. The van der Waals surface area contributed by atoms with E-state index in [4.69, 9.17) is 9.47 Å². The summed E-state index contributed by atoms with van der Waals surface area (Å²) in [5, 5.41) is 45.1. The lowest BCUT2D eigenvalue weighted by Crippen LogP contribution is -2.61. The summed E-state index contributed by atoms with van der Waals surface area (Å²) in [5.74, 6) is -0.224. The Morgan fingerprint density at radius 2 is 0.831 bits per heavy atom. The summed E-state index contributed by atoms with van der Waals surface area (Å²) in [6.07, 6.45) is 58.4. The normalized spacial score (nSPS) is 18.9. The van der Waals surface area contributed by atoms with Crippen LogP contribution in [0.3, 0.4) is 0 Å². The van der Waals surface area contributed by atoms with Crippen molar-refractivity contribution in [3.8, 4) is 0 Å². The fourth-order valence-corrected chi connectivity index (χ4v) is 11.5. The molecule has 7 unspecified atom stereocenters. The number of hydrogen-bond donors (Lipinski definition) is 6. The van der Waals surface area contributed by atoms with Crippen LogP contribution in [0.2, 0.25) is 0 Å². The van der Waals surface area contributed by atoms with Crippen molar-refractivity contribution < 1.29 is 51.8 Å². The Hall–Kier alpha value is -1.16. The maximum atomic E-state index is 13.2. The van der Waals surface area contributed by atoms with Gasteiger partial charge in [0.1, 0.15) is 24.4 Å². The van der Waals surface area contributed by atoms with Crippen LogP contribution in [0.1, 0.15) is 335 Å². The van der Waals surface area contributed by atoms with E-state index >= 15 is 0 Å². The number of rotatable bonds is 59. The summed E-state index contributed by atoms with van der Waals surface area (Å²) < 4.78 is 47.9. The SMILES string of the molecule is CCCCCCCCCCCCCCCCCC/C=C\CCCCCCCCCCCCCCCCCCCC(=O)NC(COC1OC(CO)C(O)C(OS(=O)(=O)O)C1O)C(O)CCCCCCCCCCCCCCC. The highest BCUT2D eigenvalue weighted by atomic mass is 32.3. The van der Waals surface area contributed by atoms with Gasteiger partial charge in [0.15, 0.2) is 6.29 Å². The van der Waals surface area contributed by atoms with Gasteiger partial charge in [-0.1, -0.05) is 302 Å². The Balaban J connectivity index is 2.13. The number of carbonyl (C=O) groups is 1. The maximum absolute atomic E-state index is 13.2. The maximum Gasteiger partial charge on any atom is 0.397 e. The average Bonchev–Trinajstić information content (AvgIpc) is 3.41. The van der Waals surface area contributed by atoms with Crippen LogP contribution in [0.15, 0.2) is 12.2 Å². The fraction of sp³-hybridized carbons (Fsp3) is 0.953. The van der Waals surface area contributed by atoms with E-state index in [-0.39, 0.29) is 12.5 Å². The molecular formula is C64H125NO11S. The molecule has 0 bridgehead atoms. The quantitative estimate of drug-likeness (QED) is 0.0193. The van der Waals surface area contributed by atoms with E-state index in [0.717, 1.165) is 51.4 Å². The molecule has 0 aromatic rings. The molecule has 458 valence electrons. The van der Waals surface area contributed by atoms with E-state index in [1.165, 1.54) is 257 Å². The number of allylic oxidation sites excluding steroid dienone is 2. The van der Waals surface area contributed by atoms with Crippen molar-refractivity contribution >= 4 is 16.3 Å². The highest BCUT2D eigenvalue weighted by Crippen LogP contribution is 2.26. The third-order valence-corrected chi connectivity index (χ3v) is 16.5. The van der Waals surface area contributed by atoms with E-state index in [1.54, 1.807) is 0 Å². The van der Waals surface area contributed by atoms with Crippen molar-refractivity contribution in [1.29, 1.82) is 0 Å². The highest BCUT2D eigenvalue weighted by molar-refractivity contribution is 7.80. The number of unbranched alkanes of at least 4 members (excludes halogenated alkanes) is 45. The zero-order chi connectivity index (χ0) is 56.1. The Bertz CT molecular complexity index is 1400. The van der Waals surface area contributed by atoms with Gasteiger partial charge in [0.2, 0.25) is 5.91 Å². The van der Waals surface area contributed by atoms with Gasteiger partial charge in [-0.05, 0) is 38.5 Å². The Morgan fingerprint density at radius 3 is 1.17 bits per heavy atom. The van der Waals surface area contributed by atoms with E-state index in [1.807, 2.05) is 0 Å². The van der Waals surface area contributed by atoms with Gasteiger partial charge in [0, 0.05) is 6.42 Å². The zero-order valence-electron chi connectivity index (χ0n) is 50.1. The van der Waals surface area contributed by atoms with Gasteiger partial charge in [-0.25, -0.2) is 4.18 Å². The second-order valence-electron chi connectivity index (χ2n) is 23.4. The molecule has 6 N–H and O–H groups in total. The molecule has 1 fully saturated rings. The van der Waals surface area contributed by atoms with Crippen molar-refractivity contribution in [2.45, 2.75) is 378 Å². The monoisotopic (exact) mass is 1120 g/mol. The van der Waals surface area contributed by atoms with Gasteiger partial charge in [-0.3, -0.25) is 9.35 Å². The summed E-state index contributed by atoms with van der Waals surface area (Å²) in [5.41, 5.74) is 0. The van der Waals surface area contributed by atoms with E-state index in [2.05, 4.69) is 35.5 Å². The molecule has 1 heterocycles. The van der Waals surface area contributed by atoms with Crippen LogP contribution in [0.5, 0.6) is 0 Å². The lowest BCUT2D eigenvalue weighted by molar-refractivity contribution is -0.298. The van der Waals surface area contributed by atoms with Crippen LogP contribution in [0.4, 0.5) is 0 Å². The van der Waals surface area contributed by atoms with Crippen LogP contribution < -0.4 is 5.32 Å². The minimum absolute atomic E-state index is 0.224. The molecule has 0 aliphatic carbocycles. The first-order valence-corrected chi connectivity index (χ1v) is 34.4. The third-order valence-electron chi connectivity index (χ3n) is 16.1. The minimum Gasteiger partial charge on any atom is -0.394 e. The number of aliphatic hydroxyl groups excluding tert-OH is 4. The van der Waals surface area contributed by atoms with Gasteiger partial charge in [-0.15, -0.1) is 0 Å². The van der Waals surface area contributed by atoms with Crippen LogP contribution in [-0.4, -0.2) is 95.4 Å². The van der Waals surface area contributed by atoms with Crippen LogP contribution in [0.25, 0.3) is 0 Å². The molecule has 0 aromatic carbocycles. The first-order valence-electron chi connectivity index (χ1n) is 33.1. The van der Waals surface area contributed by atoms with Crippen molar-refractivity contribution in [2.75, 3.05) is 13.2 Å². The summed E-state index contributed by atoms with van der Waals surface area (Å²) in [6.45, 7) is 3.49. The summed E-state index contributed by atoms with van der Waals surface area (Å²) in [7, 11) is -5.08. The number of carbonyl (C=O) groups excluding carboxylic acids is 1. The molecule has 12 nitrogen and oxygen atoms in total. The predicted octanol–water partition coefficient (Wildman–Crippen LogP) is 16.6. The molecule has 1 rings (SSSR count). The van der Waals surface area contributed by atoms with E-state index in [9.17, 15) is 38.2 Å². The van der Waals surface area contributed by atoms with Crippen LogP contribution in [-0.2, 0) is 28.9 Å². The lowest BCUT2D eigenvalue weighted by atomic mass is 9.99. The Labute approximate surface area is 474 Å². The first kappa shape index (κ1) is 73.9. The van der Waals surface area contributed by atoms with Crippen LogP contribution in [0, 0.1) is 0 Å². The average molecular weight is 1120 g/mol. The molecule has 1 saturated heterocycles. The number of aliphatic hydroxyl groups is 4. The van der Waals surface area contributed by atoms with Crippen molar-refractivity contribution in [3.05, 3.63) is 12.2 Å². The summed E-state index contributed by atoms with van der Waals surface area (Å²) in [4.78, 5) is 13.2. The number of hydrogen-bond acceptors (Lipinski definition) is 10. The molecule has 13 heteroatoms. The fourth-order valence-electron chi connectivity index (χ4n) is 11.0. The topological polar surface area (TPSA) is 192 Å². The molecule has 0 aromatic heterocycles. The molecule has 0 spiro atoms. The molecule has 77 heavy (non-hydrogen) atoms. The van der Waals surface area contributed by atoms with E-state index in [0.29, 0.717) is 12.8 Å². The second-order valence-corrected chi connectivity index (χ2v) is 24.5. The van der Waals surface area contributed by atoms with Crippen molar-refractivity contribution in [3.63, 3.8) is 0 Å². The van der Waals surface area contributed by atoms with Crippen molar-refractivity contribution in [2.24, 2.45) is 0 Å². The van der Waals surface area contributed by atoms with Crippen molar-refractivity contribution in [1.82, 2.24) is 5.32 Å². The second kappa shape index (κ2) is 54.1.